The summed E-state index contributed by atoms with van der Waals surface area (Å²) < 4.78 is 0. The largest absolute Gasteiger partial charge is 0.398 e. The molecule has 4 heteroatoms. The minimum atomic E-state index is 0.492. The minimum absolute atomic E-state index is 0.492. The van der Waals surface area contributed by atoms with E-state index in [4.69, 9.17) is 11.0 Å². The van der Waals surface area contributed by atoms with Gasteiger partial charge in [-0.3, -0.25) is 4.98 Å². The normalized spacial score (nSPS) is 9.78. The first-order chi connectivity index (χ1) is 8.70. The molecule has 0 radical (unpaired) electrons. The number of anilines is 2. The third-order valence-electron chi connectivity index (χ3n) is 2.79. The van der Waals surface area contributed by atoms with E-state index in [0.29, 0.717) is 17.8 Å². The quantitative estimate of drug-likeness (QED) is 0.805. The lowest BCUT2D eigenvalue weighted by Gasteiger charge is -2.09. The zero-order valence-electron chi connectivity index (χ0n) is 10.1. The lowest BCUT2D eigenvalue weighted by molar-refractivity contribution is 1.09. The van der Waals surface area contributed by atoms with Gasteiger partial charge in [0.15, 0.2) is 0 Å². The molecule has 0 aliphatic rings. The predicted octanol–water partition coefficient (Wildman–Crippen LogP) is 2.46. The first-order valence-electron chi connectivity index (χ1n) is 5.63. The van der Waals surface area contributed by atoms with Crippen LogP contribution in [0.2, 0.25) is 0 Å². The Bertz CT molecular complexity index is 599. The Morgan fingerprint density at radius 1 is 1.39 bits per heavy atom. The zero-order chi connectivity index (χ0) is 13.0. The van der Waals surface area contributed by atoms with Crippen molar-refractivity contribution < 1.29 is 0 Å². The molecule has 0 bridgehead atoms. The molecule has 0 spiro atoms. The second kappa shape index (κ2) is 5.19. The van der Waals surface area contributed by atoms with Crippen molar-refractivity contribution in [2.75, 3.05) is 11.1 Å². The van der Waals surface area contributed by atoms with Gasteiger partial charge < -0.3 is 11.1 Å². The molecule has 0 atom stereocenters. The van der Waals surface area contributed by atoms with E-state index in [-0.39, 0.29) is 0 Å². The summed E-state index contributed by atoms with van der Waals surface area (Å²) in [6, 6.07) is 9.41. The molecule has 0 aliphatic heterocycles. The number of nitriles is 1. The zero-order valence-corrected chi connectivity index (χ0v) is 10.1. The van der Waals surface area contributed by atoms with Crippen molar-refractivity contribution >= 4 is 11.4 Å². The maximum absolute atomic E-state index is 8.91. The molecule has 18 heavy (non-hydrogen) atoms. The van der Waals surface area contributed by atoms with Gasteiger partial charge in [-0.15, -0.1) is 0 Å². The van der Waals surface area contributed by atoms with Crippen LogP contribution in [0.3, 0.4) is 0 Å². The molecule has 1 aromatic carbocycles. The molecule has 0 aliphatic carbocycles. The molecule has 1 aromatic heterocycles. The van der Waals surface area contributed by atoms with Crippen LogP contribution in [0.5, 0.6) is 0 Å². The number of aromatic nitrogens is 1. The molecular formula is C14H14N4. The van der Waals surface area contributed by atoms with E-state index in [1.54, 1.807) is 18.3 Å². The van der Waals surface area contributed by atoms with Gasteiger partial charge in [0.1, 0.15) is 6.07 Å². The maximum Gasteiger partial charge on any atom is 0.101 e. The molecule has 4 nitrogen and oxygen atoms in total. The number of hydrogen-bond acceptors (Lipinski definition) is 4. The van der Waals surface area contributed by atoms with Gasteiger partial charge in [0.05, 0.1) is 5.56 Å². The third kappa shape index (κ3) is 2.58. The Hall–Kier alpha value is -2.54. The summed E-state index contributed by atoms with van der Waals surface area (Å²) in [4.78, 5) is 4.05. The Morgan fingerprint density at radius 2 is 2.22 bits per heavy atom. The highest BCUT2D eigenvalue weighted by Gasteiger charge is 2.01. The van der Waals surface area contributed by atoms with E-state index in [1.165, 1.54) is 5.56 Å². The van der Waals surface area contributed by atoms with Crippen LogP contribution in [0.15, 0.2) is 36.7 Å². The molecule has 0 saturated heterocycles. The van der Waals surface area contributed by atoms with Gasteiger partial charge in [-0.05, 0) is 42.3 Å². The third-order valence-corrected chi connectivity index (χ3v) is 2.79. The van der Waals surface area contributed by atoms with E-state index in [0.717, 1.165) is 11.3 Å². The summed E-state index contributed by atoms with van der Waals surface area (Å²) in [6.07, 6.45) is 3.61. The maximum atomic E-state index is 8.91. The average molecular weight is 238 g/mol. The predicted molar refractivity (Wildman–Crippen MR) is 71.9 cm³/mol. The van der Waals surface area contributed by atoms with Gasteiger partial charge in [-0.1, -0.05) is 0 Å². The molecule has 0 unspecified atom stereocenters. The second-order valence-corrected chi connectivity index (χ2v) is 4.07. The fraction of sp³-hybridized carbons (Fsp3) is 0.143. The summed E-state index contributed by atoms with van der Waals surface area (Å²) in [7, 11) is 0. The van der Waals surface area contributed by atoms with Gasteiger partial charge >= 0.3 is 0 Å². The smallest absolute Gasteiger partial charge is 0.101 e. The van der Waals surface area contributed by atoms with Crippen molar-refractivity contribution in [3.63, 3.8) is 0 Å². The molecular weight excluding hydrogens is 224 g/mol. The van der Waals surface area contributed by atoms with Crippen molar-refractivity contribution in [3.05, 3.63) is 53.3 Å². The Morgan fingerprint density at radius 3 is 2.94 bits per heavy atom. The number of rotatable bonds is 3. The molecule has 0 fully saturated rings. The molecule has 2 rings (SSSR count). The molecule has 0 amide bonds. The molecule has 90 valence electrons. The second-order valence-electron chi connectivity index (χ2n) is 4.07. The summed E-state index contributed by atoms with van der Waals surface area (Å²) in [5.41, 5.74) is 9.87. The number of nitrogens with zero attached hydrogens (tertiary/aromatic N) is 2. The van der Waals surface area contributed by atoms with Crippen LogP contribution in [-0.4, -0.2) is 4.98 Å². The van der Waals surface area contributed by atoms with E-state index >= 15 is 0 Å². The summed E-state index contributed by atoms with van der Waals surface area (Å²) in [5.74, 6) is 0. The number of pyridine rings is 1. The van der Waals surface area contributed by atoms with Gasteiger partial charge in [0.2, 0.25) is 0 Å². The standard InChI is InChI=1S/C14H14N4/c1-10-8-17-5-4-11(10)9-18-13-2-3-14(16)12(6-13)7-15/h2-6,8,18H,9,16H2,1H3. The Labute approximate surface area is 106 Å². The fourth-order valence-electron chi connectivity index (χ4n) is 1.66. The molecule has 2 aromatic rings. The lowest BCUT2D eigenvalue weighted by Crippen LogP contribution is -2.02. The van der Waals surface area contributed by atoms with Crippen LogP contribution >= 0.6 is 0 Å². The summed E-state index contributed by atoms with van der Waals surface area (Å²) >= 11 is 0. The van der Waals surface area contributed by atoms with E-state index < -0.39 is 0 Å². The number of benzene rings is 1. The van der Waals surface area contributed by atoms with Crippen LogP contribution < -0.4 is 11.1 Å². The number of aryl methyl sites for hydroxylation is 1. The lowest BCUT2D eigenvalue weighted by atomic mass is 10.1. The highest BCUT2D eigenvalue weighted by Crippen LogP contribution is 2.18. The number of nitrogen functional groups attached to an aromatic ring is 1. The number of hydrogen-bond donors (Lipinski definition) is 2. The van der Waals surface area contributed by atoms with E-state index in [1.807, 2.05) is 25.3 Å². The van der Waals surface area contributed by atoms with Crippen LogP contribution in [0, 0.1) is 18.3 Å². The van der Waals surface area contributed by atoms with Crippen LogP contribution in [0.1, 0.15) is 16.7 Å². The van der Waals surface area contributed by atoms with Crippen molar-refractivity contribution in [1.82, 2.24) is 4.98 Å². The van der Waals surface area contributed by atoms with Gasteiger partial charge in [0.25, 0.3) is 0 Å². The van der Waals surface area contributed by atoms with Crippen LogP contribution in [0.25, 0.3) is 0 Å². The van der Waals surface area contributed by atoms with Crippen molar-refractivity contribution in [1.29, 1.82) is 5.26 Å². The first-order valence-corrected chi connectivity index (χ1v) is 5.63. The average Bonchev–Trinajstić information content (AvgIpc) is 2.39. The highest BCUT2D eigenvalue weighted by atomic mass is 14.9. The summed E-state index contributed by atoms with van der Waals surface area (Å²) in [6.45, 7) is 2.72. The van der Waals surface area contributed by atoms with E-state index in [2.05, 4.69) is 16.4 Å². The summed E-state index contributed by atoms with van der Waals surface area (Å²) in [5, 5.41) is 12.2. The Kier molecular flexibility index (Phi) is 3.44. The van der Waals surface area contributed by atoms with Crippen LogP contribution in [-0.2, 0) is 6.54 Å². The SMILES string of the molecule is Cc1cnccc1CNc1ccc(N)c(C#N)c1. The van der Waals surface area contributed by atoms with Gasteiger partial charge in [-0.25, -0.2) is 0 Å². The van der Waals surface area contributed by atoms with Crippen molar-refractivity contribution in [2.45, 2.75) is 13.5 Å². The van der Waals surface area contributed by atoms with Gasteiger partial charge in [0, 0.05) is 30.3 Å². The monoisotopic (exact) mass is 238 g/mol. The van der Waals surface area contributed by atoms with Crippen LogP contribution in [0.4, 0.5) is 11.4 Å². The van der Waals surface area contributed by atoms with Crippen molar-refractivity contribution in [2.24, 2.45) is 0 Å². The molecule has 1 heterocycles. The van der Waals surface area contributed by atoms with E-state index in [9.17, 15) is 0 Å². The fourth-order valence-corrected chi connectivity index (χ4v) is 1.66. The number of nitrogens with two attached hydrogens (primary N) is 1. The number of nitrogens with one attached hydrogen (secondary N) is 1. The highest BCUT2D eigenvalue weighted by molar-refractivity contribution is 5.61. The van der Waals surface area contributed by atoms with Crippen molar-refractivity contribution in [3.8, 4) is 6.07 Å². The Balaban J connectivity index is 2.12. The minimum Gasteiger partial charge on any atom is -0.398 e. The van der Waals surface area contributed by atoms with Gasteiger partial charge in [-0.2, -0.15) is 5.26 Å². The topological polar surface area (TPSA) is 74.7 Å². The molecule has 3 N–H and O–H groups in total. The molecule has 0 saturated carbocycles. The first kappa shape index (κ1) is 11.9.